The summed E-state index contributed by atoms with van der Waals surface area (Å²) < 4.78 is 6.04. The van der Waals surface area contributed by atoms with Gasteiger partial charge in [-0.1, -0.05) is 23.7 Å². The maximum atomic E-state index is 9.34. The fraction of sp³-hybridized carbons (Fsp3) is 0.214. The molecule has 2 rings (SSSR count). The summed E-state index contributed by atoms with van der Waals surface area (Å²) in [5.74, 6) is 0.425. The van der Waals surface area contributed by atoms with Crippen LogP contribution in [0.25, 0.3) is 11.3 Å². The van der Waals surface area contributed by atoms with Crippen LogP contribution in [0.5, 0.6) is 5.88 Å². The molecule has 1 heterocycles. The second-order valence-corrected chi connectivity index (χ2v) is 5.30. The van der Waals surface area contributed by atoms with Crippen molar-refractivity contribution in [1.29, 1.82) is 0 Å². The Hall–Kier alpha value is -1.10. The number of aromatic nitrogens is 1. The SMILES string of the molecule is COc1nc(-c2cccc(Br)c2Cl)cc(C)c1CO. The molecule has 3 nitrogen and oxygen atoms in total. The molecule has 0 bridgehead atoms. The van der Waals surface area contributed by atoms with Crippen molar-refractivity contribution >= 4 is 27.5 Å². The highest BCUT2D eigenvalue weighted by molar-refractivity contribution is 9.10. The normalized spacial score (nSPS) is 10.6. The van der Waals surface area contributed by atoms with Crippen molar-refractivity contribution in [3.05, 3.63) is 44.9 Å². The van der Waals surface area contributed by atoms with E-state index in [1.165, 1.54) is 7.11 Å². The van der Waals surface area contributed by atoms with E-state index in [0.717, 1.165) is 21.3 Å². The van der Waals surface area contributed by atoms with Crippen LogP contribution in [0.4, 0.5) is 0 Å². The van der Waals surface area contributed by atoms with Crippen LogP contribution in [-0.4, -0.2) is 17.2 Å². The summed E-state index contributed by atoms with van der Waals surface area (Å²) in [4.78, 5) is 4.41. The predicted octanol–water partition coefficient (Wildman–Crippen LogP) is 3.97. The van der Waals surface area contributed by atoms with Crippen LogP contribution in [0.1, 0.15) is 11.1 Å². The Labute approximate surface area is 125 Å². The standard InChI is InChI=1S/C14H13BrClNO2/c1-8-6-12(17-14(19-2)10(8)7-18)9-4-3-5-11(15)13(9)16/h3-6,18H,7H2,1-2H3. The first kappa shape index (κ1) is 14.3. The number of halogens is 2. The lowest BCUT2D eigenvalue weighted by Gasteiger charge is -2.12. The van der Waals surface area contributed by atoms with Crippen molar-refractivity contribution in [1.82, 2.24) is 4.98 Å². The average molecular weight is 343 g/mol. The Kier molecular flexibility index (Phi) is 4.45. The van der Waals surface area contributed by atoms with Gasteiger partial charge < -0.3 is 9.84 Å². The number of rotatable bonds is 3. The number of nitrogens with zero attached hydrogens (tertiary/aromatic N) is 1. The van der Waals surface area contributed by atoms with Gasteiger partial charge in [-0.3, -0.25) is 0 Å². The molecule has 0 fully saturated rings. The van der Waals surface area contributed by atoms with Crippen molar-refractivity contribution < 1.29 is 9.84 Å². The number of aryl methyl sites for hydroxylation is 1. The van der Waals surface area contributed by atoms with Gasteiger partial charge >= 0.3 is 0 Å². The first-order valence-electron chi connectivity index (χ1n) is 5.68. The van der Waals surface area contributed by atoms with Gasteiger partial charge in [0.2, 0.25) is 5.88 Å². The van der Waals surface area contributed by atoms with Gasteiger partial charge in [0, 0.05) is 15.6 Å². The molecule has 19 heavy (non-hydrogen) atoms. The lowest BCUT2D eigenvalue weighted by atomic mass is 10.1. The molecule has 0 saturated heterocycles. The molecule has 100 valence electrons. The zero-order valence-corrected chi connectivity index (χ0v) is 12.9. The van der Waals surface area contributed by atoms with Crippen molar-refractivity contribution in [3.63, 3.8) is 0 Å². The maximum absolute atomic E-state index is 9.34. The van der Waals surface area contributed by atoms with E-state index in [2.05, 4.69) is 20.9 Å². The van der Waals surface area contributed by atoms with E-state index in [1.807, 2.05) is 31.2 Å². The number of benzene rings is 1. The molecule has 0 saturated carbocycles. The van der Waals surface area contributed by atoms with Crippen molar-refractivity contribution in [2.24, 2.45) is 0 Å². The van der Waals surface area contributed by atoms with Gasteiger partial charge in [-0.05, 0) is 40.5 Å². The van der Waals surface area contributed by atoms with Crippen molar-refractivity contribution in [3.8, 4) is 17.1 Å². The van der Waals surface area contributed by atoms with Crippen LogP contribution in [0.3, 0.4) is 0 Å². The summed E-state index contributed by atoms with van der Waals surface area (Å²) in [6.07, 6.45) is 0. The van der Waals surface area contributed by atoms with E-state index >= 15 is 0 Å². The molecule has 0 aliphatic heterocycles. The van der Waals surface area contributed by atoms with Crippen molar-refractivity contribution in [2.45, 2.75) is 13.5 Å². The molecule has 1 aromatic heterocycles. The minimum Gasteiger partial charge on any atom is -0.481 e. The summed E-state index contributed by atoms with van der Waals surface area (Å²) in [6, 6.07) is 7.56. The van der Waals surface area contributed by atoms with Crippen LogP contribution in [0.15, 0.2) is 28.7 Å². The largest absolute Gasteiger partial charge is 0.481 e. The number of pyridine rings is 1. The number of hydrogen-bond acceptors (Lipinski definition) is 3. The maximum Gasteiger partial charge on any atom is 0.219 e. The number of ether oxygens (including phenoxy) is 1. The minimum absolute atomic E-state index is 0.103. The topological polar surface area (TPSA) is 42.4 Å². The quantitative estimate of drug-likeness (QED) is 0.917. The lowest BCUT2D eigenvalue weighted by Crippen LogP contribution is -2.00. The van der Waals surface area contributed by atoms with E-state index in [9.17, 15) is 5.11 Å². The molecule has 0 spiro atoms. The molecule has 1 aromatic carbocycles. The Morgan fingerprint density at radius 2 is 2.16 bits per heavy atom. The Morgan fingerprint density at radius 1 is 1.42 bits per heavy atom. The van der Waals surface area contributed by atoms with Crippen LogP contribution in [0.2, 0.25) is 5.02 Å². The molecular weight excluding hydrogens is 330 g/mol. The van der Waals surface area contributed by atoms with Gasteiger partial charge in [0.15, 0.2) is 0 Å². The fourth-order valence-electron chi connectivity index (χ4n) is 1.87. The van der Waals surface area contributed by atoms with Crippen LogP contribution < -0.4 is 4.74 Å². The van der Waals surface area contributed by atoms with E-state index in [4.69, 9.17) is 16.3 Å². The molecule has 0 radical (unpaired) electrons. The summed E-state index contributed by atoms with van der Waals surface area (Å²) in [6.45, 7) is 1.81. The van der Waals surface area contributed by atoms with Gasteiger partial charge in [-0.25, -0.2) is 4.98 Å². The highest BCUT2D eigenvalue weighted by Gasteiger charge is 2.13. The zero-order valence-electron chi connectivity index (χ0n) is 10.6. The van der Waals surface area contributed by atoms with Gasteiger partial charge in [0.05, 0.1) is 24.4 Å². The van der Waals surface area contributed by atoms with E-state index in [1.54, 1.807) is 0 Å². The van der Waals surface area contributed by atoms with Gasteiger partial charge in [-0.2, -0.15) is 0 Å². The summed E-state index contributed by atoms with van der Waals surface area (Å²) >= 11 is 9.67. The van der Waals surface area contributed by atoms with Crippen LogP contribution in [-0.2, 0) is 6.61 Å². The monoisotopic (exact) mass is 341 g/mol. The highest BCUT2D eigenvalue weighted by Crippen LogP contribution is 2.35. The van der Waals surface area contributed by atoms with Crippen LogP contribution in [0, 0.1) is 6.92 Å². The molecule has 0 aliphatic rings. The van der Waals surface area contributed by atoms with E-state index in [0.29, 0.717) is 16.5 Å². The van der Waals surface area contributed by atoms with Gasteiger partial charge in [0.1, 0.15) is 0 Å². The number of aliphatic hydroxyl groups is 1. The molecule has 0 unspecified atom stereocenters. The summed E-state index contributed by atoms with van der Waals surface area (Å²) in [7, 11) is 1.53. The zero-order chi connectivity index (χ0) is 14.0. The first-order valence-corrected chi connectivity index (χ1v) is 6.85. The van der Waals surface area contributed by atoms with E-state index < -0.39 is 0 Å². The molecule has 1 N–H and O–H groups in total. The molecule has 0 amide bonds. The van der Waals surface area contributed by atoms with Crippen molar-refractivity contribution in [2.75, 3.05) is 7.11 Å². The average Bonchev–Trinajstić information content (AvgIpc) is 2.40. The Bertz CT molecular complexity index is 617. The molecular formula is C14H13BrClNO2. The third kappa shape index (κ3) is 2.76. The summed E-state index contributed by atoms with van der Waals surface area (Å²) in [5.41, 5.74) is 3.15. The fourth-order valence-corrected chi connectivity index (χ4v) is 2.46. The third-order valence-electron chi connectivity index (χ3n) is 2.89. The minimum atomic E-state index is -0.103. The van der Waals surface area contributed by atoms with Gasteiger partial charge in [0.25, 0.3) is 0 Å². The third-order valence-corrected chi connectivity index (χ3v) is 4.18. The number of aliphatic hydroxyl groups excluding tert-OH is 1. The second kappa shape index (κ2) is 5.90. The number of hydrogen-bond donors (Lipinski definition) is 1. The summed E-state index contributed by atoms with van der Waals surface area (Å²) in [5, 5.41) is 9.94. The van der Waals surface area contributed by atoms with E-state index in [-0.39, 0.29) is 6.61 Å². The van der Waals surface area contributed by atoms with Crippen LogP contribution >= 0.6 is 27.5 Å². The number of methoxy groups -OCH3 is 1. The second-order valence-electron chi connectivity index (χ2n) is 4.07. The predicted molar refractivity (Wildman–Crippen MR) is 79.6 cm³/mol. The smallest absolute Gasteiger partial charge is 0.219 e. The molecule has 5 heteroatoms. The molecule has 0 aliphatic carbocycles. The Morgan fingerprint density at radius 3 is 2.79 bits per heavy atom. The molecule has 2 aromatic rings. The lowest BCUT2D eigenvalue weighted by molar-refractivity contribution is 0.270. The molecule has 0 atom stereocenters. The van der Waals surface area contributed by atoms with Gasteiger partial charge in [-0.15, -0.1) is 0 Å². The highest BCUT2D eigenvalue weighted by atomic mass is 79.9. The Balaban J connectivity index is 2.63. The first-order chi connectivity index (χ1) is 9.08.